The van der Waals surface area contributed by atoms with Crippen molar-refractivity contribution in [3.8, 4) is 5.95 Å². The van der Waals surface area contributed by atoms with Crippen LogP contribution in [0.15, 0.2) is 29.2 Å². The summed E-state index contributed by atoms with van der Waals surface area (Å²) in [4.78, 5) is 16.2. The van der Waals surface area contributed by atoms with Crippen LogP contribution in [-0.2, 0) is 4.74 Å². The van der Waals surface area contributed by atoms with Gasteiger partial charge in [-0.3, -0.25) is 4.79 Å². The summed E-state index contributed by atoms with van der Waals surface area (Å²) in [7, 11) is 4.00. The Morgan fingerprint density at radius 2 is 2.17 bits per heavy atom. The minimum absolute atomic E-state index is 0.000453. The predicted molar refractivity (Wildman–Crippen MR) is 87.8 cm³/mol. The van der Waals surface area contributed by atoms with E-state index >= 15 is 0 Å². The Hall–Kier alpha value is -1.79. The first kappa shape index (κ1) is 17.6. The number of allylic oxidation sites excluding steroid dienone is 1. The van der Waals surface area contributed by atoms with Crippen molar-refractivity contribution in [2.24, 2.45) is 0 Å². The fourth-order valence-corrected chi connectivity index (χ4v) is 2.48. The summed E-state index contributed by atoms with van der Waals surface area (Å²) in [5.41, 5.74) is 0. The van der Waals surface area contributed by atoms with Crippen molar-refractivity contribution in [1.82, 2.24) is 9.80 Å². The van der Waals surface area contributed by atoms with Crippen LogP contribution >= 0.6 is 0 Å². The van der Waals surface area contributed by atoms with Gasteiger partial charge in [-0.25, -0.2) is 0 Å². The molecule has 2 heterocycles. The maximum atomic E-state index is 12.3. The second-order valence-electron chi connectivity index (χ2n) is 5.89. The van der Waals surface area contributed by atoms with E-state index in [2.05, 4.69) is 11.5 Å². The normalized spacial score (nSPS) is 16.4. The van der Waals surface area contributed by atoms with Crippen LogP contribution in [0.3, 0.4) is 0 Å². The number of nitrogens with zero attached hydrogens (tertiary/aromatic N) is 2. The molecule has 1 aliphatic rings. The lowest BCUT2D eigenvalue weighted by Gasteiger charge is -2.25. The lowest BCUT2D eigenvalue weighted by Crippen LogP contribution is -2.40. The molecule has 0 spiro atoms. The molecule has 23 heavy (non-hydrogen) atoms. The van der Waals surface area contributed by atoms with E-state index in [1.54, 1.807) is 17.0 Å². The van der Waals surface area contributed by atoms with Crippen LogP contribution in [0.4, 0.5) is 0 Å². The molecule has 0 unspecified atom stereocenters. The molecule has 6 nitrogen and oxygen atoms in total. The molecule has 0 bridgehead atoms. The van der Waals surface area contributed by atoms with Gasteiger partial charge in [-0.1, -0.05) is 6.08 Å². The number of rotatable bonds is 8. The van der Waals surface area contributed by atoms with Gasteiger partial charge in [0, 0.05) is 25.7 Å². The van der Waals surface area contributed by atoms with Gasteiger partial charge in [0.2, 0.25) is 0 Å². The lowest BCUT2D eigenvalue weighted by molar-refractivity contribution is 0.0275. The summed E-state index contributed by atoms with van der Waals surface area (Å²) in [6.07, 6.45) is 3.61. The van der Waals surface area contributed by atoms with E-state index in [9.17, 15) is 4.79 Å². The second kappa shape index (κ2) is 8.74. The van der Waals surface area contributed by atoms with Crippen molar-refractivity contribution in [3.63, 3.8) is 0 Å². The highest BCUT2D eigenvalue weighted by molar-refractivity contribution is 5.91. The smallest absolute Gasteiger partial charge is 0.289 e. The van der Waals surface area contributed by atoms with Crippen molar-refractivity contribution in [2.45, 2.75) is 18.9 Å². The highest BCUT2D eigenvalue weighted by atomic mass is 16.6. The molecule has 0 aromatic carbocycles. The summed E-state index contributed by atoms with van der Waals surface area (Å²) >= 11 is 0. The standard InChI is InChI=1S/C17H26N2O4/c1-4-5-6-14(13-18(2)3)22-16-8-7-15(23-16)17(20)19-9-11-21-12-10-19/h4,7-8,14H,1,5-6,9-13H2,2-3H3/t14-/m0/s1. The molecule has 128 valence electrons. The molecule has 1 aromatic rings. The van der Waals surface area contributed by atoms with Gasteiger partial charge in [-0.15, -0.1) is 6.58 Å². The molecular formula is C17H26N2O4. The fourth-order valence-electron chi connectivity index (χ4n) is 2.48. The molecule has 2 rings (SSSR count). The van der Waals surface area contributed by atoms with Crippen molar-refractivity contribution >= 4 is 5.91 Å². The molecule has 0 saturated carbocycles. The molecule has 6 heteroatoms. The van der Waals surface area contributed by atoms with Gasteiger partial charge >= 0.3 is 0 Å². The van der Waals surface area contributed by atoms with E-state index in [1.165, 1.54) is 0 Å². The maximum absolute atomic E-state index is 12.3. The highest BCUT2D eigenvalue weighted by Crippen LogP contribution is 2.20. The average Bonchev–Trinajstić information content (AvgIpc) is 3.00. The van der Waals surface area contributed by atoms with E-state index in [1.807, 2.05) is 20.2 Å². The van der Waals surface area contributed by atoms with Crippen LogP contribution in [0.1, 0.15) is 23.4 Å². The second-order valence-corrected chi connectivity index (χ2v) is 5.89. The number of carbonyl (C=O) groups excluding carboxylic acids is 1. The Morgan fingerprint density at radius 3 is 2.83 bits per heavy atom. The monoisotopic (exact) mass is 322 g/mol. The number of furan rings is 1. The first-order chi connectivity index (χ1) is 11.1. The number of hydrogen-bond acceptors (Lipinski definition) is 5. The molecule has 1 aliphatic heterocycles. The molecule has 1 amide bonds. The van der Waals surface area contributed by atoms with E-state index in [-0.39, 0.29) is 12.0 Å². The minimum Gasteiger partial charge on any atom is -0.460 e. The molecule has 0 radical (unpaired) electrons. The minimum atomic E-state index is -0.113. The zero-order valence-corrected chi connectivity index (χ0v) is 14.0. The van der Waals surface area contributed by atoms with Gasteiger partial charge < -0.3 is 23.7 Å². The summed E-state index contributed by atoms with van der Waals surface area (Å²) in [5.74, 6) is 0.588. The first-order valence-corrected chi connectivity index (χ1v) is 7.99. The van der Waals surface area contributed by atoms with E-state index in [0.29, 0.717) is 38.0 Å². The largest absolute Gasteiger partial charge is 0.460 e. The third-order valence-electron chi connectivity index (χ3n) is 3.63. The van der Waals surface area contributed by atoms with Gasteiger partial charge in [0.05, 0.1) is 13.2 Å². The maximum Gasteiger partial charge on any atom is 0.289 e. The zero-order chi connectivity index (χ0) is 16.7. The number of amides is 1. The van der Waals surface area contributed by atoms with Gasteiger partial charge in [0.1, 0.15) is 6.10 Å². The van der Waals surface area contributed by atoms with E-state index in [0.717, 1.165) is 19.4 Å². The lowest BCUT2D eigenvalue weighted by atomic mass is 10.2. The number of ether oxygens (including phenoxy) is 2. The van der Waals surface area contributed by atoms with Crippen molar-refractivity contribution in [2.75, 3.05) is 46.9 Å². The first-order valence-electron chi connectivity index (χ1n) is 7.99. The quantitative estimate of drug-likeness (QED) is 0.686. The average molecular weight is 322 g/mol. The van der Waals surface area contributed by atoms with Gasteiger partial charge in [0.15, 0.2) is 5.76 Å². The number of carbonyl (C=O) groups is 1. The van der Waals surface area contributed by atoms with E-state index in [4.69, 9.17) is 13.9 Å². The molecule has 1 fully saturated rings. The highest BCUT2D eigenvalue weighted by Gasteiger charge is 2.22. The number of hydrogen-bond donors (Lipinski definition) is 0. The topological polar surface area (TPSA) is 55.2 Å². The van der Waals surface area contributed by atoms with Crippen LogP contribution < -0.4 is 4.74 Å². The van der Waals surface area contributed by atoms with Crippen molar-refractivity contribution in [1.29, 1.82) is 0 Å². The Balaban J connectivity index is 1.96. The predicted octanol–water partition coefficient (Wildman–Crippen LogP) is 2.03. The van der Waals surface area contributed by atoms with Gasteiger partial charge in [-0.2, -0.15) is 0 Å². The summed E-state index contributed by atoms with van der Waals surface area (Å²) < 4.78 is 16.7. The summed E-state index contributed by atoms with van der Waals surface area (Å²) in [5, 5.41) is 0. The fraction of sp³-hybridized carbons (Fsp3) is 0.588. The molecule has 1 atom stereocenters. The number of likely N-dealkylation sites (N-methyl/N-ethyl adjacent to an activating group) is 1. The van der Waals surface area contributed by atoms with Crippen molar-refractivity contribution in [3.05, 3.63) is 30.5 Å². The Kier molecular flexibility index (Phi) is 6.67. The third kappa shape index (κ3) is 5.41. The molecule has 0 aliphatic carbocycles. The van der Waals surface area contributed by atoms with Crippen LogP contribution in [0.2, 0.25) is 0 Å². The van der Waals surface area contributed by atoms with Crippen LogP contribution in [0, 0.1) is 0 Å². The Morgan fingerprint density at radius 1 is 1.43 bits per heavy atom. The zero-order valence-electron chi connectivity index (χ0n) is 14.0. The summed E-state index contributed by atoms with van der Waals surface area (Å²) in [6, 6.07) is 3.39. The molecule has 0 N–H and O–H groups in total. The Bertz CT molecular complexity index is 506. The van der Waals surface area contributed by atoms with Gasteiger partial charge in [0.25, 0.3) is 11.9 Å². The molecular weight excluding hydrogens is 296 g/mol. The van der Waals surface area contributed by atoms with Crippen LogP contribution in [-0.4, -0.2) is 68.8 Å². The molecule has 1 aromatic heterocycles. The third-order valence-corrected chi connectivity index (χ3v) is 3.63. The van der Waals surface area contributed by atoms with Crippen molar-refractivity contribution < 1.29 is 18.7 Å². The van der Waals surface area contributed by atoms with Crippen LogP contribution in [0.25, 0.3) is 0 Å². The molecule has 1 saturated heterocycles. The van der Waals surface area contributed by atoms with Crippen LogP contribution in [0.5, 0.6) is 5.95 Å². The van der Waals surface area contributed by atoms with Gasteiger partial charge in [-0.05, 0) is 33.0 Å². The SMILES string of the molecule is C=CCC[C@@H](CN(C)C)Oc1ccc(C(=O)N2CCOCC2)o1. The Labute approximate surface area is 137 Å². The number of morpholine rings is 1. The van der Waals surface area contributed by atoms with E-state index < -0.39 is 0 Å². The summed E-state index contributed by atoms with van der Waals surface area (Å²) in [6.45, 7) is 6.86.